The predicted octanol–water partition coefficient (Wildman–Crippen LogP) is 6.03. The van der Waals surface area contributed by atoms with Gasteiger partial charge in [-0.3, -0.25) is 4.90 Å². The first-order chi connectivity index (χ1) is 16.9. The van der Waals surface area contributed by atoms with Crippen molar-refractivity contribution in [3.8, 4) is 16.3 Å². The first kappa shape index (κ1) is 27.6. The van der Waals surface area contributed by atoms with Crippen molar-refractivity contribution in [2.75, 3.05) is 20.3 Å². The number of aromatic nitrogens is 1. The molecule has 0 saturated heterocycles. The Labute approximate surface area is 212 Å². The summed E-state index contributed by atoms with van der Waals surface area (Å²) in [6.45, 7) is 7.27. The number of nitrogens with zero attached hydrogens (tertiary/aromatic N) is 2. The van der Waals surface area contributed by atoms with Gasteiger partial charge >= 0.3 is 12.1 Å². The molecule has 1 heterocycles. The third-order valence-electron chi connectivity index (χ3n) is 5.55. The van der Waals surface area contributed by atoms with Crippen molar-refractivity contribution in [2.45, 2.75) is 45.6 Å². The Morgan fingerprint density at radius 3 is 2.25 bits per heavy atom. The molecular formula is C26H29F3N2O4S. The maximum Gasteiger partial charge on any atom is 0.416 e. The standard InChI is InChI=1S/C26H29F3N2O4S/c1-17-22(36-23(30-17)19-7-9-20(10-8-19)26(27,28)29)16-31(13-14-34-4)15-18-5-11-21(12-6-18)35-25(2,3)24(32)33/h5-12H,13-16H2,1-4H3,(H,32,33). The van der Waals surface area contributed by atoms with Crippen molar-refractivity contribution in [3.05, 3.63) is 70.2 Å². The van der Waals surface area contributed by atoms with E-state index < -0.39 is 23.3 Å². The van der Waals surface area contributed by atoms with Crippen LogP contribution < -0.4 is 4.74 Å². The van der Waals surface area contributed by atoms with Gasteiger partial charge in [-0.05, 0) is 50.6 Å². The van der Waals surface area contributed by atoms with Crippen LogP contribution in [0.3, 0.4) is 0 Å². The van der Waals surface area contributed by atoms with Gasteiger partial charge in [0.25, 0.3) is 0 Å². The molecule has 3 rings (SSSR count). The normalized spacial score (nSPS) is 12.2. The number of alkyl halides is 3. The summed E-state index contributed by atoms with van der Waals surface area (Å²) in [5.74, 6) is -0.581. The number of benzene rings is 2. The molecule has 2 aromatic carbocycles. The third kappa shape index (κ3) is 7.28. The Bertz CT molecular complexity index is 1160. The highest BCUT2D eigenvalue weighted by atomic mass is 32.1. The number of halogens is 3. The minimum atomic E-state index is -4.37. The van der Waals surface area contributed by atoms with Crippen LogP contribution in [-0.2, 0) is 28.8 Å². The number of carboxylic acid groups (broad SMARTS) is 1. The molecule has 0 aliphatic carbocycles. The fourth-order valence-corrected chi connectivity index (χ4v) is 4.51. The van der Waals surface area contributed by atoms with Crippen molar-refractivity contribution < 1.29 is 32.5 Å². The lowest BCUT2D eigenvalue weighted by atomic mass is 10.1. The molecule has 0 saturated carbocycles. The van der Waals surface area contributed by atoms with Crippen LogP contribution in [0.5, 0.6) is 5.75 Å². The van der Waals surface area contributed by atoms with Crippen LogP contribution in [0.25, 0.3) is 10.6 Å². The van der Waals surface area contributed by atoms with Crippen molar-refractivity contribution >= 4 is 17.3 Å². The van der Waals surface area contributed by atoms with Gasteiger partial charge in [0.2, 0.25) is 0 Å². The van der Waals surface area contributed by atoms with E-state index in [2.05, 4.69) is 9.88 Å². The topological polar surface area (TPSA) is 71.9 Å². The van der Waals surface area contributed by atoms with Crippen LogP contribution in [0.15, 0.2) is 48.5 Å². The van der Waals surface area contributed by atoms with Crippen LogP contribution in [-0.4, -0.2) is 46.8 Å². The lowest BCUT2D eigenvalue weighted by Crippen LogP contribution is -2.37. The first-order valence-electron chi connectivity index (χ1n) is 11.3. The Morgan fingerprint density at radius 2 is 1.69 bits per heavy atom. The minimum Gasteiger partial charge on any atom is -0.478 e. The number of ether oxygens (including phenoxy) is 2. The number of carbonyl (C=O) groups is 1. The molecule has 0 unspecified atom stereocenters. The molecule has 10 heteroatoms. The number of rotatable bonds is 11. The SMILES string of the molecule is COCCN(Cc1ccc(OC(C)(C)C(=O)O)cc1)Cc1sc(-c2ccc(C(F)(F)F)cc2)nc1C. The predicted molar refractivity (Wildman–Crippen MR) is 132 cm³/mol. The number of carboxylic acids is 1. The highest BCUT2D eigenvalue weighted by Gasteiger charge is 2.30. The Kier molecular flexibility index (Phi) is 8.76. The van der Waals surface area contributed by atoms with Gasteiger partial charge in [0.1, 0.15) is 10.8 Å². The number of aliphatic carboxylic acids is 1. The van der Waals surface area contributed by atoms with Gasteiger partial charge in [0.15, 0.2) is 5.60 Å². The zero-order valence-corrected chi connectivity index (χ0v) is 21.4. The number of aryl methyl sites for hydroxylation is 1. The average Bonchev–Trinajstić information content (AvgIpc) is 3.18. The second-order valence-electron chi connectivity index (χ2n) is 8.87. The smallest absolute Gasteiger partial charge is 0.416 e. The first-order valence-corrected chi connectivity index (χ1v) is 12.1. The van der Waals surface area contributed by atoms with E-state index in [1.54, 1.807) is 19.2 Å². The third-order valence-corrected chi connectivity index (χ3v) is 6.74. The molecule has 0 fully saturated rings. The quantitative estimate of drug-likeness (QED) is 0.332. The fourth-order valence-electron chi connectivity index (χ4n) is 3.40. The van der Waals surface area contributed by atoms with Gasteiger partial charge in [-0.1, -0.05) is 24.3 Å². The number of hydrogen-bond donors (Lipinski definition) is 1. The van der Waals surface area contributed by atoms with Crippen LogP contribution in [0.4, 0.5) is 13.2 Å². The fraction of sp³-hybridized carbons (Fsp3) is 0.385. The van der Waals surface area contributed by atoms with E-state index in [0.29, 0.717) is 42.6 Å². The van der Waals surface area contributed by atoms with Crippen LogP contribution >= 0.6 is 11.3 Å². The summed E-state index contributed by atoms with van der Waals surface area (Å²) >= 11 is 1.46. The molecule has 3 aromatic rings. The van der Waals surface area contributed by atoms with Gasteiger partial charge in [-0.25, -0.2) is 9.78 Å². The van der Waals surface area contributed by atoms with Gasteiger partial charge in [0, 0.05) is 37.2 Å². The van der Waals surface area contributed by atoms with Crippen molar-refractivity contribution in [1.82, 2.24) is 9.88 Å². The van der Waals surface area contributed by atoms with Gasteiger partial charge in [0.05, 0.1) is 17.9 Å². The van der Waals surface area contributed by atoms with E-state index in [4.69, 9.17) is 9.47 Å². The summed E-state index contributed by atoms with van der Waals surface area (Å²) in [6, 6.07) is 12.3. The highest BCUT2D eigenvalue weighted by molar-refractivity contribution is 7.15. The summed E-state index contributed by atoms with van der Waals surface area (Å²) in [7, 11) is 1.63. The minimum absolute atomic E-state index is 0.467. The Hall–Kier alpha value is -2.95. The van der Waals surface area contributed by atoms with E-state index in [9.17, 15) is 23.1 Å². The van der Waals surface area contributed by atoms with Crippen LogP contribution in [0, 0.1) is 6.92 Å². The monoisotopic (exact) mass is 522 g/mol. The zero-order chi connectivity index (χ0) is 26.5. The van der Waals surface area contributed by atoms with Crippen molar-refractivity contribution in [1.29, 1.82) is 0 Å². The largest absolute Gasteiger partial charge is 0.478 e. The number of hydrogen-bond acceptors (Lipinski definition) is 6. The van der Waals surface area contributed by atoms with E-state index in [-0.39, 0.29) is 0 Å². The number of thiazole rings is 1. The summed E-state index contributed by atoms with van der Waals surface area (Å²) < 4.78 is 49.5. The van der Waals surface area contributed by atoms with Crippen LogP contribution in [0.2, 0.25) is 0 Å². The molecule has 0 amide bonds. The van der Waals surface area contributed by atoms with Crippen molar-refractivity contribution in [3.63, 3.8) is 0 Å². The molecule has 0 atom stereocenters. The number of methoxy groups -OCH3 is 1. The lowest BCUT2D eigenvalue weighted by molar-refractivity contribution is -0.152. The molecule has 0 spiro atoms. The Morgan fingerprint density at radius 1 is 1.06 bits per heavy atom. The molecule has 1 aromatic heterocycles. The van der Waals surface area contributed by atoms with E-state index in [0.717, 1.165) is 28.3 Å². The maximum atomic E-state index is 12.9. The lowest BCUT2D eigenvalue weighted by Gasteiger charge is -2.23. The maximum absolute atomic E-state index is 12.9. The molecule has 194 valence electrons. The molecular weight excluding hydrogens is 493 g/mol. The van der Waals surface area contributed by atoms with Gasteiger partial charge in [-0.2, -0.15) is 13.2 Å². The molecule has 1 N–H and O–H groups in total. The van der Waals surface area contributed by atoms with Gasteiger partial charge in [-0.15, -0.1) is 11.3 Å². The van der Waals surface area contributed by atoms with E-state index in [1.165, 1.54) is 37.3 Å². The summed E-state index contributed by atoms with van der Waals surface area (Å²) in [5, 5.41) is 9.92. The average molecular weight is 523 g/mol. The summed E-state index contributed by atoms with van der Waals surface area (Å²) in [4.78, 5) is 19.1. The van der Waals surface area contributed by atoms with Crippen LogP contribution in [0.1, 0.15) is 35.5 Å². The molecule has 0 aliphatic heterocycles. The summed E-state index contributed by atoms with van der Waals surface area (Å²) in [6.07, 6.45) is -4.37. The molecule has 0 bridgehead atoms. The highest BCUT2D eigenvalue weighted by Crippen LogP contribution is 2.33. The molecule has 36 heavy (non-hydrogen) atoms. The molecule has 6 nitrogen and oxygen atoms in total. The zero-order valence-electron chi connectivity index (χ0n) is 20.6. The second kappa shape index (κ2) is 11.4. The molecule has 0 radical (unpaired) electrons. The molecule has 0 aliphatic rings. The van der Waals surface area contributed by atoms with E-state index >= 15 is 0 Å². The van der Waals surface area contributed by atoms with Gasteiger partial charge < -0.3 is 14.6 Å². The van der Waals surface area contributed by atoms with Crippen molar-refractivity contribution in [2.24, 2.45) is 0 Å². The Balaban J connectivity index is 1.73. The second-order valence-corrected chi connectivity index (χ2v) is 9.95. The van der Waals surface area contributed by atoms with E-state index in [1.807, 2.05) is 19.1 Å². The summed E-state index contributed by atoms with van der Waals surface area (Å²) in [5.41, 5.74) is 0.466.